The summed E-state index contributed by atoms with van der Waals surface area (Å²) in [4.78, 5) is 0.0973. The second-order valence-corrected chi connectivity index (χ2v) is 7.70. The summed E-state index contributed by atoms with van der Waals surface area (Å²) in [7, 11) is -2.60. The Morgan fingerprint density at radius 3 is 2.25 bits per heavy atom. The number of halogens is 3. The Kier molecular flexibility index (Phi) is 5.05. The van der Waals surface area contributed by atoms with Gasteiger partial charge in [0.2, 0.25) is 10.0 Å². The summed E-state index contributed by atoms with van der Waals surface area (Å²) in [6.45, 7) is 3.15. The summed E-state index contributed by atoms with van der Waals surface area (Å²) < 4.78 is 65.5. The first kappa shape index (κ1) is 18.5. The van der Waals surface area contributed by atoms with Gasteiger partial charge in [0.05, 0.1) is 10.5 Å². The standard InChI is InChI=1S/C17H18F3NO2S/c1-12-8-9-16(13(2)10-12)24(22,23)21(3)11-14-6-4-5-7-15(14)17(18,19)20/h4-10H,11H2,1-3H3. The largest absolute Gasteiger partial charge is 0.416 e. The zero-order chi connectivity index (χ0) is 18.1. The van der Waals surface area contributed by atoms with Crippen LogP contribution >= 0.6 is 0 Å². The summed E-state index contributed by atoms with van der Waals surface area (Å²) in [6.07, 6.45) is -4.53. The van der Waals surface area contributed by atoms with Crippen LogP contribution in [-0.2, 0) is 22.7 Å². The maximum Gasteiger partial charge on any atom is 0.416 e. The highest BCUT2D eigenvalue weighted by Crippen LogP contribution is 2.33. The molecule has 24 heavy (non-hydrogen) atoms. The van der Waals surface area contributed by atoms with E-state index in [4.69, 9.17) is 0 Å². The molecule has 0 unspecified atom stereocenters. The van der Waals surface area contributed by atoms with Gasteiger partial charge >= 0.3 is 6.18 Å². The van der Waals surface area contributed by atoms with Crippen molar-refractivity contribution < 1.29 is 21.6 Å². The van der Waals surface area contributed by atoms with Crippen LogP contribution in [0.25, 0.3) is 0 Å². The van der Waals surface area contributed by atoms with E-state index in [1.54, 1.807) is 19.1 Å². The van der Waals surface area contributed by atoms with Crippen molar-refractivity contribution in [2.24, 2.45) is 0 Å². The van der Waals surface area contributed by atoms with Crippen LogP contribution in [0.1, 0.15) is 22.3 Å². The van der Waals surface area contributed by atoms with Crippen LogP contribution in [0.15, 0.2) is 47.4 Å². The minimum absolute atomic E-state index is 0.0826. The summed E-state index contributed by atoms with van der Waals surface area (Å²) in [6, 6.07) is 9.85. The van der Waals surface area contributed by atoms with Crippen molar-refractivity contribution in [3.8, 4) is 0 Å². The van der Waals surface area contributed by atoms with Gasteiger partial charge in [0.25, 0.3) is 0 Å². The SMILES string of the molecule is Cc1ccc(S(=O)(=O)N(C)Cc2ccccc2C(F)(F)F)c(C)c1. The molecule has 0 saturated heterocycles. The van der Waals surface area contributed by atoms with Crippen molar-refractivity contribution in [3.05, 3.63) is 64.7 Å². The number of sulfonamides is 1. The van der Waals surface area contributed by atoms with Gasteiger partial charge < -0.3 is 0 Å². The third-order valence-electron chi connectivity index (χ3n) is 3.73. The fourth-order valence-electron chi connectivity index (χ4n) is 2.52. The molecule has 2 aromatic rings. The minimum atomic E-state index is -4.53. The molecule has 130 valence electrons. The van der Waals surface area contributed by atoms with Crippen LogP contribution in [0.4, 0.5) is 13.2 Å². The fourth-order valence-corrected chi connectivity index (χ4v) is 3.87. The molecule has 0 bridgehead atoms. The van der Waals surface area contributed by atoms with Gasteiger partial charge in [-0.2, -0.15) is 17.5 Å². The van der Waals surface area contributed by atoms with Crippen molar-refractivity contribution >= 4 is 10.0 Å². The first-order valence-electron chi connectivity index (χ1n) is 7.22. The van der Waals surface area contributed by atoms with Gasteiger partial charge in [0, 0.05) is 13.6 Å². The zero-order valence-corrected chi connectivity index (χ0v) is 14.4. The molecule has 0 N–H and O–H groups in total. The summed E-state index contributed by atoms with van der Waals surface area (Å²) >= 11 is 0. The van der Waals surface area contributed by atoms with E-state index in [0.717, 1.165) is 15.9 Å². The third-order valence-corrected chi connectivity index (χ3v) is 5.70. The number of hydrogen-bond acceptors (Lipinski definition) is 2. The Hall–Kier alpha value is -1.86. The molecular weight excluding hydrogens is 339 g/mol. The van der Waals surface area contributed by atoms with Crippen LogP contribution in [0.3, 0.4) is 0 Å². The molecule has 0 aliphatic rings. The monoisotopic (exact) mass is 357 g/mol. The van der Waals surface area contributed by atoms with Gasteiger partial charge in [-0.3, -0.25) is 0 Å². The molecule has 7 heteroatoms. The van der Waals surface area contributed by atoms with E-state index < -0.39 is 21.8 Å². The van der Waals surface area contributed by atoms with Gasteiger partial charge in [-0.1, -0.05) is 35.9 Å². The van der Waals surface area contributed by atoms with E-state index in [-0.39, 0.29) is 17.0 Å². The quantitative estimate of drug-likeness (QED) is 0.825. The van der Waals surface area contributed by atoms with Gasteiger partial charge in [-0.25, -0.2) is 8.42 Å². The molecular formula is C17H18F3NO2S. The Morgan fingerprint density at radius 2 is 1.67 bits per heavy atom. The molecule has 0 fully saturated rings. The molecule has 0 saturated carbocycles. The van der Waals surface area contributed by atoms with E-state index in [0.29, 0.717) is 5.56 Å². The third kappa shape index (κ3) is 3.79. The van der Waals surface area contributed by atoms with Crippen molar-refractivity contribution in [3.63, 3.8) is 0 Å². The van der Waals surface area contributed by atoms with Gasteiger partial charge in [0.1, 0.15) is 0 Å². The zero-order valence-electron chi connectivity index (χ0n) is 13.6. The molecule has 0 aromatic heterocycles. The van der Waals surface area contributed by atoms with E-state index in [2.05, 4.69) is 0 Å². The smallest absolute Gasteiger partial charge is 0.207 e. The predicted octanol–water partition coefficient (Wildman–Crippen LogP) is 4.14. The summed E-state index contributed by atoms with van der Waals surface area (Å²) in [5.41, 5.74) is 0.566. The summed E-state index contributed by atoms with van der Waals surface area (Å²) in [5.74, 6) is 0. The fraction of sp³-hybridized carbons (Fsp3) is 0.294. The lowest BCUT2D eigenvalue weighted by atomic mass is 10.1. The molecule has 0 amide bonds. The number of nitrogens with zero attached hydrogens (tertiary/aromatic N) is 1. The maximum absolute atomic E-state index is 13.1. The van der Waals surface area contributed by atoms with Crippen LogP contribution in [0.5, 0.6) is 0 Å². The molecule has 0 heterocycles. The highest BCUT2D eigenvalue weighted by atomic mass is 32.2. The highest BCUT2D eigenvalue weighted by Gasteiger charge is 2.34. The normalized spacial score (nSPS) is 12.6. The molecule has 2 aromatic carbocycles. The second kappa shape index (κ2) is 6.57. The van der Waals surface area contributed by atoms with Gasteiger partial charge in [0.15, 0.2) is 0 Å². The van der Waals surface area contributed by atoms with E-state index in [9.17, 15) is 21.6 Å². The van der Waals surface area contributed by atoms with Gasteiger partial charge in [-0.15, -0.1) is 0 Å². The van der Waals surface area contributed by atoms with Gasteiger partial charge in [-0.05, 0) is 37.1 Å². The average Bonchev–Trinajstić information content (AvgIpc) is 2.46. The van der Waals surface area contributed by atoms with E-state index in [1.807, 2.05) is 6.92 Å². The Morgan fingerprint density at radius 1 is 1.04 bits per heavy atom. The molecule has 3 nitrogen and oxygen atoms in total. The number of rotatable bonds is 4. The van der Waals surface area contributed by atoms with Crippen LogP contribution in [0.2, 0.25) is 0 Å². The predicted molar refractivity (Wildman–Crippen MR) is 86.0 cm³/mol. The van der Waals surface area contributed by atoms with Crippen molar-refractivity contribution in [2.45, 2.75) is 31.5 Å². The van der Waals surface area contributed by atoms with Crippen molar-refractivity contribution in [1.29, 1.82) is 0 Å². The average molecular weight is 357 g/mol. The molecule has 0 radical (unpaired) electrons. The Bertz CT molecular complexity index is 845. The first-order valence-corrected chi connectivity index (χ1v) is 8.66. The molecule has 0 atom stereocenters. The Labute approximate surface area is 139 Å². The topological polar surface area (TPSA) is 37.4 Å². The lowest BCUT2D eigenvalue weighted by Crippen LogP contribution is -2.28. The van der Waals surface area contributed by atoms with Crippen LogP contribution in [-0.4, -0.2) is 19.8 Å². The van der Waals surface area contributed by atoms with Crippen LogP contribution in [0, 0.1) is 13.8 Å². The highest BCUT2D eigenvalue weighted by molar-refractivity contribution is 7.89. The summed E-state index contributed by atoms with van der Waals surface area (Å²) in [5, 5.41) is 0. The number of aryl methyl sites for hydroxylation is 2. The minimum Gasteiger partial charge on any atom is -0.207 e. The lowest BCUT2D eigenvalue weighted by Gasteiger charge is -2.21. The molecule has 0 aliphatic carbocycles. The van der Waals surface area contributed by atoms with Crippen molar-refractivity contribution in [2.75, 3.05) is 7.05 Å². The number of alkyl halides is 3. The van der Waals surface area contributed by atoms with E-state index in [1.165, 1.54) is 31.3 Å². The Balaban J connectivity index is 2.38. The van der Waals surface area contributed by atoms with Crippen LogP contribution < -0.4 is 0 Å². The maximum atomic E-state index is 13.1. The number of hydrogen-bond donors (Lipinski definition) is 0. The molecule has 0 aliphatic heterocycles. The van der Waals surface area contributed by atoms with Crippen molar-refractivity contribution in [1.82, 2.24) is 4.31 Å². The lowest BCUT2D eigenvalue weighted by molar-refractivity contribution is -0.138. The second-order valence-electron chi connectivity index (χ2n) is 5.68. The first-order chi connectivity index (χ1) is 11.0. The molecule has 2 rings (SSSR count). The molecule has 0 spiro atoms. The number of benzene rings is 2. The van der Waals surface area contributed by atoms with E-state index >= 15 is 0 Å².